The molecule has 0 radical (unpaired) electrons. The Morgan fingerprint density at radius 3 is 2.47 bits per heavy atom. The molecule has 4 nitrogen and oxygen atoms in total. The van der Waals surface area contributed by atoms with Crippen LogP contribution in [-0.4, -0.2) is 40.0 Å². The zero-order chi connectivity index (χ0) is 14.0. The van der Waals surface area contributed by atoms with E-state index in [4.69, 9.17) is 0 Å². The zero-order valence-corrected chi connectivity index (χ0v) is 10.4. The van der Waals surface area contributed by atoms with Crippen molar-refractivity contribution in [1.82, 2.24) is 14.9 Å². The summed E-state index contributed by atoms with van der Waals surface area (Å²) in [7, 11) is 0. The molecule has 7 heteroatoms. The number of carbonyl (C=O) groups is 1. The van der Waals surface area contributed by atoms with E-state index < -0.39 is 12.1 Å². The maximum absolute atomic E-state index is 12.2. The lowest BCUT2D eigenvalue weighted by atomic mass is 9.83. The molecule has 1 saturated heterocycles. The minimum absolute atomic E-state index is 0.00120. The van der Waals surface area contributed by atoms with Crippen LogP contribution in [0.3, 0.4) is 0 Å². The number of halogens is 3. The van der Waals surface area contributed by atoms with E-state index in [1.54, 1.807) is 18.5 Å². The second-order valence-electron chi connectivity index (χ2n) is 4.59. The number of carbonyl (C=O) groups excluding carboxylic acids is 1. The number of aromatic nitrogens is 2. The summed E-state index contributed by atoms with van der Waals surface area (Å²) in [5.74, 6) is -1.13. The number of hydrogen-bond acceptors (Lipinski definition) is 3. The Kier molecular flexibility index (Phi) is 3.73. The van der Waals surface area contributed by atoms with Crippen LogP contribution in [-0.2, 0) is 4.79 Å². The molecule has 1 aromatic heterocycles. The topological polar surface area (TPSA) is 46.1 Å². The normalized spacial score (nSPS) is 18.0. The van der Waals surface area contributed by atoms with E-state index in [1.165, 1.54) is 0 Å². The first-order chi connectivity index (χ1) is 8.93. The van der Waals surface area contributed by atoms with Crippen LogP contribution in [0.1, 0.15) is 25.1 Å². The lowest BCUT2D eigenvalue weighted by Gasteiger charge is -2.42. The van der Waals surface area contributed by atoms with E-state index in [-0.39, 0.29) is 24.9 Å². The van der Waals surface area contributed by atoms with Crippen molar-refractivity contribution in [2.45, 2.75) is 25.4 Å². The highest BCUT2D eigenvalue weighted by Gasteiger charge is 2.48. The van der Waals surface area contributed by atoms with Crippen molar-refractivity contribution in [3.05, 3.63) is 24.3 Å². The summed E-state index contributed by atoms with van der Waals surface area (Å²) in [6.07, 6.45) is -0.816. The Labute approximate surface area is 108 Å². The Balaban J connectivity index is 1.98. The molecular formula is C12H14F3N3O. The van der Waals surface area contributed by atoms with Gasteiger partial charge in [-0.2, -0.15) is 13.2 Å². The Morgan fingerprint density at radius 1 is 1.42 bits per heavy atom. The van der Waals surface area contributed by atoms with Crippen LogP contribution < -0.4 is 0 Å². The van der Waals surface area contributed by atoms with Gasteiger partial charge in [-0.3, -0.25) is 4.79 Å². The first-order valence-corrected chi connectivity index (χ1v) is 6.06. The van der Waals surface area contributed by atoms with Crippen molar-refractivity contribution in [3.8, 4) is 0 Å². The summed E-state index contributed by atoms with van der Waals surface area (Å²) >= 11 is 0. The fourth-order valence-electron chi connectivity index (χ4n) is 2.34. The molecule has 1 unspecified atom stereocenters. The molecule has 0 bridgehead atoms. The number of amides is 1. The summed E-state index contributed by atoms with van der Waals surface area (Å²) in [6, 6.07) is 1.69. The van der Waals surface area contributed by atoms with Gasteiger partial charge in [-0.05, 0) is 12.5 Å². The molecule has 1 aliphatic heterocycles. The van der Waals surface area contributed by atoms with E-state index >= 15 is 0 Å². The summed E-state index contributed by atoms with van der Waals surface area (Å²) in [6.45, 7) is 2.18. The van der Waals surface area contributed by atoms with E-state index in [9.17, 15) is 18.0 Å². The third-order valence-corrected chi connectivity index (χ3v) is 3.37. The van der Waals surface area contributed by atoms with Crippen molar-refractivity contribution < 1.29 is 18.0 Å². The first kappa shape index (κ1) is 13.8. The van der Waals surface area contributed by atoms with E-state index in [1.807, 2.05) is 6.92 Å². The molecule has 19 heavy (non-hydrogen) atoms. The van der Waals surface area contributed by atoms with Crippen LogP contribution in [0.15, 0.2) is 18.5 Å². The number of alkyl halides is 3. The Hall–Kier alpha value is -1.66. The second-order valence-corrected chi connectivity index (χ2v) is 4.59. The van der Waals surface area contributed by atoms with Gasteiger partial charge in [0.05, 0.1) is 0 Å². The van der Waals surface area contributed by atoms with Gasteiger partial charge in [-0.1, -0.05) is 6.92 Å². The highest BCUT2D eigenvalue weighted by atomic mass is 19.4. The smallest absolute Gasteiger partial charge is 0.334 e. The SMILES string of the molecule is CCC(c1ncccn1)C1CN(C(=O)C(F)(F)F)C1. The molecule has 1 atom stereocenters. The molecule has 0 spiro atoms. The Morgan fingerprint density at radius 2 is 2.00 bits per heavy atom. The summed E-state index contributed by atoms with van der Waals surface area (Å²) in [5, 5.41) is 0. The van der Waals surface area contributed by atoms with Crippen molar-refractivity contribution in [2.24, 2.45) is 5.92 Å². The van der Waals surface area contributed by atoms with Crippen LogP contribution >= 0.6 is 0 Å². The molecule has 0 N–H and O–H groups in total. The first-order valence-electron chi connectivity index (χ1n) is 6.06. The van der Waals surface area contributed by atoms with Crippen LogP contribution in [0.4, 0.5) is 13.2 Å². The largest absolute Gasteiger partial charge is 0.471 e. The van der Waals surface area contributed by atoms with Gasteiger partial charge < -0.3 is 4.90 Å². The monoisotopic (exact) mass is 273 g/mol. The summed E-state index contributed by atoms with van der Waals surface area (Å²) in [5.41, 5.74) is 0. The molecule has 104 valence electrons. The minimum atomic E-state index is -4.78. The number of likely N-dealkylation sites (tertiary alicyclic amines) is 1. The second kappa shape index (κ2) is 5.14. The molecule has 1 aliphatic rings. The third-order valence-electron chi connectivity index (χ3n) is 3.37. The Bertz CT molecular complexity index is 443. The van der Waals surface area contributed by atoms with Crippen LogP contribution in [0, 0.1) is 5.92 Å². The van der Waals surface area contributed by atoms with Gasteiger partial charge in [0, 0.05) is 37.3 Å². The molecule has 0 aliphatic carbocycles. The molecule has 2 heterocycles. The van der Waals surface area contributed by atoms with E-state index in [2.05, 4.69) is 9.97 Å². The minimum Gasteiger partial charge on any atom is -0.334 e. The lowest BCUT2D eigenvalue weighted by molar-refractivity contribution is -0.192. The number of nitrogens with zero attached hydrogens (tertiary/aromatic N) is 3. The quantitative estimate of drug-likeness (QED) is 0.846. The number of rotatable bonds is 3. The maximum atomic E-state index is 12.2. The molecule has 0 aromatic carbocycles. The van der Waals surface area contributed by atoms with Gasteiger partial charge in [0.25, 0.3) is 0 Å². The van der Waals surface area contributed by atoms with Gasteiger partial charge in [0.2, 0.25) is 0 Å². The predicted octanol–water partition coefficient (Wildman–Crippen LogP) is 1.99. The van der Waals surface area contributed by atoms with Gasteiger partial charge >= 0.3 is 12.1 Å². The van der Waals surface area contributed by atoms with Gasteiger partial charge in [0.1, 0.15) is 5.82 Å². The fourth-order valence-corrected chi connectivity index (χ4v) is 2.34. The average molecular weight is 273 g/mol. The van der Waals surface area contributed by atoms with Gasteiger partial charge in [0.15, 0.2) is 0 Å². The van der Waals surface area contributed by atoms with Crippen LogP contribution in [0.2, 0.25) is 0 Å². The maximum Gasteiger partial charge on any atom is 0.471 e. The molecule has 1 aromatic rings. The third kappa shape index (κ3) is 2.85. The van der Waals surface area contributed by atoms with Crippen molar-refractivity contribution in [3.63, 3.8) is 0 Å². The van der Waals surface area contributed by atoms with Crippen molar-refractivity contribution >= 4 is 5.91 Å². The lowest BCUT2D eigenvalue weighted by Crippen LogP contribution is -2.56. The number of hydrogen-bond donors (Lipinski definition) is 0. The summed E-state index contributed by atoms with van der Waals surface area (Å²) in [4.78, 5) is 20.1. The summed E-state index contributed by atoms with van der Waals surface area (Å²) < 4.78 is 36.7. The zero-order valence-electron chi connectivity index (χ0n) is 10.4. The molecule has 2 rings (SSSR count). The average Bonchev–Trinajstić information content (AvgIpc) is 2.32. The van der Waals surface area contributed by atoms with E-state index in [0.717, 1.165) is 11.3 Å². The fraction of sp³-hybridized carbons (Fsp3) is 0.583. The molecular weight excluding hydrogens is 259 g/mol. The predicted molar refractivity (Wildman–Crippen MR) is 61.2 cm³/mol. The molecule has 0 saturated carbocycles. The van der Waals surface area contributed by atoms with Gasteiger partial charge in [-0.25, -0.2) is 9.97 Å². The van der Waals surface area contributed by atoms with Crippen LogP contribution in [0.25, 0.3) is 0 Å². The molecule has 1 amide bonds. The highest BCUT2D eigenvalue weighted by molar-refractivity contribution is 5.82. The standard InChI is InChI=1S/C12H14F3N3O/c1-2-9(10-16-4-3-5-17-10)8-6-18(7-8)11(19)12(13,14)15/h3-5,8-9H,2,6-7H2,1H3. The van der Waals surface area contributed by atoms with Crippen molar-refractivity contribution in [1.29, 1.82) is 0 Å². The van der Waals surface area contributed by atoms with Crippen LogP contribution in [0.5, 0.6) is 0 Å². The highest BCUT2D eigenvalue weighted by Crippen LogP contribution is 2.34. The van der Waals surface area contributed by atoms with E-state index in [0.29, 0.717) is 5.82 Å². The molecule has 1 fully saturated rings. The van der Waals surface area contributed by atoms with Crippen molar-refractivity contribution in [2.75, 3.05) is 13.1 Å². The van der Waals surface area contributed by atoms with Gasteiger partial charge in [-0.15, -0.1) is 0 Å².